The number of ether oxygens (including phenoxy) is 3. The minimum atomic E-state index is -0.586. The summed E-state index contributed by atoms with van der Waals surface area (Å²) in [6.07, 6.45) is 1.58. The van der Waals surface area contributed by atoms with Crippen molar-refractivity contribution in [3.8, 4) is 11.5 Å². The standard InChI is InChI=1S/C27H17BrClNO5S/c1-2-33-21-13-15(8-11-20(21)34-26(31)16-6-4-3-5-7-16)12-19-27(32)35-25(30-19)24-23(29)18-10-9-17(28)14-22(18)36-24/h3-14H,2H2,1H3/b19-12+. The average Bonchev–Trinajstić information content (AvgIpc) is 3.40. The molecule has 4 aromatic rings. The van der Waals surface area contributed by atoms with Crippen LogP contribution in [0.15, 0.2) is 81.9 Å². The van der Waals surface area contributed by atoms with Crippen molar-refractivity contribution in [3.63, 3.8) is 0 Å². The van der Waals surface area contributed by atoms with Crippen LogP contribution >= 0.6 is 38.9 Å². The van der Waals surface area contributed by atoms with E-state index in [2.05, 4.69) is 20.9 Å². The molecule has 0 saturated carbocycles. The van der Waals surface area contributed by atoms with Crippen LogP contribution in [0.2, 0.25) is 5.02 Å². The first kappa shape index (κ1) is 24.2. The lowest BCUT2D eigenvalue weighted by Crippen LogP contribution is -2.09. The van der Waals surface area contributed by atoms with Crippen molar-refractivity contribution < 1.29 is 23.8 Å². The minimum Gasteiger partial charge on any atom is -0.490 e. The van der Waals surface area contributed by atoms with Gasteiger partial charge in [-0.1, -0.05) is 57.9 Å². The second kappa shape index (κ2) is 10.3. The Hall–Kier alpha value is -3.46. The van der Waals surface area contributed by atoms with Gasteiger partial charge in [-0.15, -0.1) is 11.3 Å². The molecule has 0 N–H and O–H groups in total. The van der Waals surface area contributed by atoms with Gasteiger partial charge in [0, 0.05) is 14.6 Å². The van der Waals surface area contributed by atoms with Crippen LogP contribution < -0.4 is 9.47 Å². The first-order valence-electron chi connectivity index (χ1n) is 10.9. The molecular formula is C27H17BrClNO5S. The fourth-order valence-electron chi connectivity index (χ4n) is 3.54. The topological polar surface area (TPSA) is 74.2 Å². The molecule has 0 amide bonds. The molecule has 5 rings (SSSR count). The van der Waals surface area contributed by atoms with E-state index in [0.717, 1.165) is 14.6 Å². The van der Waals surface area contributed by atoms with Crippen molar-refractivity contribution >= 4 is 72.9 Å². The van der Waals surface area contributed by atoms with Crippen molar-refractivity contribution in [1.29, 1.82) is 0 Å². The quantitative estimate of drug-likeness (QED) is 0.136. The van der Waals surface area contributed by atoms with Gasteiger partial charge in [-0.3, -0.25) is 0 Å². The molecule has 2 heterocycles. The molecule has 1 aliphatic heterocycles. The number of hydrogen-bond acceptors (Lipinski definition) is 7. The highest BCUT2D eigenvalue weighted by Gasteiger charge is 2.28. The maximum Gasteiger partial charge on any atom is 0.363 e. The van der Waals surface area contributed by atoms with Crippen molar-refractivity contribution in [2.45, 2.75) is 6.92 Å². The summed E-state index contributed by atoms with van der Waals surface area (Å²) in [7, 11) is 0. The third-order valence-electron chi connectivity index (χ3n) is 5.19. The molecule has 1 aliphatic rings. The van der Waals surface area contributed by atoms with Gasteiger partial charge in [-0.05, 0) is 55.0 Å². The van der Waals surface area contributed by atoms with Gasteiger partial charge in [0.15, 0.2) is 17.2 Å². The van der Waals surface area contributed by atoms with Gasteiger partial charge < -0.3 is 14.2 Å². The second-order valence-electron chi connectivity index (χ2n) is 7.62. The molecule has 0 saturated heterocycles. The number of aliphatic imine (C=N–C) groups is 1. The summed E-state index contributed by atoms with van der Waals surface area (Å²) in [6.45, 7) is 2.19. The summed E-state index contributed by atoms with van der Waals surface area (Å²) in [5, 5.41) is 1.34. The van der Waals surface area contributed by atoms with Crippen LogP contribution in [0.3, 0.4) is 0 Å². The molecule has 0 spiro atoms. The number of nitrogens with zero attached hydrogens (tertiary/aromatic N) is 1. The molecule has 0 unspecified atom stereocenters. The maximum absolute atomic E-state index is 12.6. The van der Waals surface area contributed by atoms with E-state index in [-0.39, 0.29) is 17.3 Å². The van der Waals surface area contributed by atoms with Gasteiger partial charge in [0.25, 0.3) is 0 Å². The fraction of sp³-hybridized carbons (Fsp3) is 0.0741. The lowest BCUT2D eigenvalue weighted by molar-refractivity contribution is -0.129. The lowest BCUT2D eigenvalue weighted by Gasteiger charge is -2.11. The number of carbonyl (C=O) groups is 2. The van der Waals surface area contributed by atoms with E-state index in [4.69, 9.17) is 25.8 Å². The van der Waals surface area contributed by atoms with Gasteiger partial charge in [0.05, 0.1) is 17.2 Å². The molecule has 0 fully saturated rings. The van der Waals surface area contributed by atoms with Gasteiger partial charge >= 0.3 is 11.9 Å². The minimum absolute atomic E-state index is 0.121. The van der Waals surface area contributed by atoms with Gasteiger partial charge in [-0.25, -0.2) is 14.6 Å². The lowest BCUT2D eigenvalue weighted by atomic mass is 10.1. The van der Waals surface area contributed by atoms with Crippen LogP contribution in [0, 0.1) is 0 Å². The zero-order chi connectivity index (χ0) is 25.2. The molecular weight excluding hydrogens is 566 g/mol. The summed E-state index contributed by atoms with van der Waals surface area (Å²) in [4.78, 5) is 30.0. The van der Waals surface area contributed by atoms with E-state index >= 15 is 0 Å². The van der Waals surface area contributed by atoms with Crippen LogP contribution in [0.5, 0.6) is 11.5 Å². The number of halogens is 2. The Morgan fingerprint density at radius 2 is 1.92 bits per heavy atom. The SMILES string of the molecule is CCOc1cc(/C=C2/N=C(c3sc4cc(Br)ccc4c3Cl)OC2=O)ccc1OC(=O)c1ccccc1. The molecule has 6 nitrogen and oxygen atoms in total. The number of esters is 2. The molecule has 180 valence electrons. The predicted molar refractivity (Wildman–Crippen MR) is 144 cm³/mol. The fourth-order valence-corrected chi connectivity index (χ4v) is 5.53. The van der Waals surface area contributed by atoms with E-state index in [1.54, 1.807) is 48.5 Å². The molecule has 0 atom stereocenters. The highest BCUT2D eigenvalue weighted by Crippen LogP contribution is 2.39. The van der Waals surface area contributed by atoms with E-state index in [0.29, 0.717) is 33.4 Å². The van der Waals surface area contributed by atoms with E-state index in [1.807, 2.05) is 31.2 Å². The van der Waals surface area contributed by atoms with Gasteiger partial charge in [-0.2, -0.15) is 0 Å². The summed E-state index contributed by atoms with van der Waals surface area (Å²) in [5.74, 6) is -0.285. The van der Waals surface area contributed by atoms with Crippen molar-refractivity contribution in [1.82, 2.24) is 0 Å². The number of rotatable bonds is 6. The van der Waals surface area contributed by atoms with Crippen molar-refractivity contribution in [2.75, 3.05) is 6.61 Å². The third-order valence-corrected chi connectivity index (χ3v) is 7.33. The molecule has 0 aliphatic carbocycles. The normalized spacial score (nSPS) is 14.1. The monoisotopic (exact) mass is 581 g/mol. The summed E-state index contributed by atoms with van der Waals surface area (Å²) in [5.41, 5.74) is 1.17. The van der Waals surface area contributed by atoms with Crippen molar-refractivity contribution in [3.05, 3.63) is 97.9 Å². The number of benzene rings is 3. The first-order valence-corrected chi connectivity index (χ1v) is 12.9. The predicted octanol–water partition coefficient (Wildman–Crippen LogP) is 7.28. The molecule has 3 aromatic carbocycles. The highest BCUT2D eigenvalue weighted by atomic mass is 79.9. The summed E-state index contributed by atoms with van der Waals surface area (Å²) >= 11 is 11.4. The number of thiophene rings is 1. The largest absolute Gasteiger partial charge is 0.490 e. The van der Waals surface area contributed by atoms with E-state index < -0.39 is 11.9 Å². The Labute approximate surface area is 223 Å². The Morgan fingerprint density at radius 1 is 1.11 bits per heavy atom. The van der Waals surface area contributed by atoms with Gasteiger partial charge in [0.2, 0.25) is 5.90 Å². The first-order chi connectivity index (χ1) is 17.4. The Kier molecular flexibility index (Phi) is 6.91. The number of hydrogen-bond donors (Lipinski definition) is 0. The molecule has 1 aromatic heterocycles. The van der Waals surface area contributed by atoms with Crippen LogP contribution in [0.1, 0.15) is 27.7 Å². The summed E-state index contributed by atoms with van der Waals surface area (Å²) in [6, 6.07) is 19.4. The number of fused-ring (bicyclic) bond motifs is 1. The van der Waals surface area contributed by atoms with Gasteiger partial charge in [0.1, 0.15) is 4.88 Å². The Morgan fingerprint density at radius 3 is 2.69 bits per heavy atom. The second-order valence-corrected chi connectivity index (χ2v) is 9.96. The van der Waals surface area contributed by atoms with Crippen LogP contribution in [-0.4, -0.2) is 24.4 Å². The number of cyclic esters (lactones) is 1. The Bertz CT molecular complexity index is 1560. The average molecular weight is 583 g/mol. The maximum atomic E-state index is 12.6. The number of carbonyl (C=O) groups excluding carboxylic acids is 2. The molecule has 0 radical (unpaired) electrons. The van der Waals surface area contributed by atoms with Crippen LogP contribution in [-0.2, 0) is 9.53 Å². The highest BCUT2D eigenvalue weighted by molar-refractivity contribution is 9.10. The van der Waals surface area contributed by atoms with Crippen LogP contribution in [0.25, 0.3) is 16.2 Å². The molecule has 0 bridgehead atoms. The van der Waals surface area contributed by atoms with Crippen molar-refractivity contribution in [2.24, 2.45) is 4.99 Å². The molecule has 36 heavy (non-hydrogen) atoms. The van der Waals surface area contributed by atoms with E-state index in [1.165, 1.54) is 11.3 Å². The summed E-state index contributed by atoms with van der Waals surface area (Å²) < 4.78 is 18.5. The van der Waals surface area contributed by atoms with Crippen LogP contribution in [0.4, 0.5) is 0 Å². The molecule has 9 heteroatoms. The smallest absolute Gasteiger partial charge is 0.363 e. The van der Waals surface area contributed by atoms with E-state index in [9.17, 15) is 9.59 Å². The third kappa shape index (κ3) is 4.93. The Balaban J connectivity index is 1.44. The zero-order valence-corrected chi connectivity index (χ0v) is 21.9. The zero-order valence-electron chi connectivity index (χ0n) is 18.8.